The van der Waals surface area contributed by atoms with E-state index in [4.69, 9.17) is 0 Å². The summed E-state index contributed by atoms with van der Waals surface area (Å²) in [7, 11) is 0. The third-order valence-electron chi connectivity index (χ3n) is 1.05. The van der Waals surface area contributed by atoms with E-state index in [0.717, 1.165) is 6.54 Å². The van der Waals surface area contributed by atoms with E-state index in [2.05, 4.69) is 38.3 Å². The van der Waals surface area contributed by atoms with Gasteiger partial charge in [0, 0.05) is 26.1 Å². The minimum atomic E-state index is 0.0329. The molecule has 0 aliphatic carbocycles. The monoisotopic (exact) mass is 188 g/mol. The highest BCUT2D eigenvalue weighted by atomic mass is 16.1. The molecule has 0 aliphatic heterocycles. The van der Waals surface area contributed by atoms with Crippen LogP contribution >= 0.6 is 0 Å². The standard InChI is InChI=1S/C7H16N2O.C3H8/c1-6(2)8-4-5-9-7(3)10;1-3-2/h6,8H,4-5H2,1-3H3,(H,9,10);3H2,1-2H3. The number of nitrogens with one attached hydrogen (secondary N) is 2. The van der Waals surface area contributed by atoms with Crippen molar-refractivity contribution in [2.45, 2.75) is 47.1 Å². The lowest BCUT2D eigenvalue weighted by molar-refractivity contribution is -0.118. The highest BCUT2D eigenvalue weighted by molar-refractivity contribution is 5.72. The van der Waals surface area contributed by atoms with E-state index in [1.54, 1.807) is 0 Å². The van der Waals surface area contributed by atoms with Crippen molar-refractivity contribution in [2.24, 2.45) is 0 Å². The summed E-state index contributed by atoms with van der Waals surface area (Å²) >= 11 is 0. The van der Waals surface area contributed by atoms with Gasteiger partial charge in [0.15, 0.2) is 0 Å². The van der Waals surface area contributed by atoms with Crippen LogP contribution in [0.3, 0.4) is 0 Å². The number of hydrogen-bond acceptors (Lipinski definition) is 2. The van der Waals surface area contributed by atoms with Gasteiger partial charge in [0.2, 0.25) is 5.91 Å². The molecule has 0 aromatic carbocycles. The fraction of sp³-hybridized carbons (Fsp3) is 0.900. The van der Waals surface area contributed by atoms with E-state index in [0.29, 0.717) is 12.6 Å². The average Bonchev–Trinajstić information content (AvgIpc) is 1.99. The maximum Gasteiger partial charge on any atom is 0.216 e. The van der Waals surface area contributed by atoms with Crippen molar-refractivity contribution in [3.8, 4) is 0 Å². The zero-order chi connectivity index (χ0) is 10.7. The highest BCUT2D eigenvalue weighted by Gasteiger charge is 1.91. The second-order valence-corrected chi connectivity index (χ2v) is 3.30. The van der Waals surface area contributed by atoms with Crippen molar-refractivity contribution >= 4 is 5.91 Å². The van der Waals surface area contributed by atoms with Crippen molar-refractivity contribution in [3.63, 3.8) is 0 Å². The Hall–Kier alpha value is -0.570. The van der Waals surface area contributed by atoms with Gasteiger partial charge in [-0.25, -0.2) is 0 Å². The molecule has 13 heavy (non-hydrogen) atoms. The lowest BCUT2D eigenvalue weighted by atomic mass is 10.4. The van der Waals surface area contributed by atoms with E-state index in [1.807, 2.05) is 0 Å². The van der Waals surface area contributed by atoms with Gasteiger partial charge in [-0.15, -0.1) is 0 Å². The average molecular weight is 188 g/mol. The Kier molecular flexibility index (Phi) is 13.1. The Labute approximate surface area is 82.3 Å². The zero-order valence-electron chi connectivity index (χ0n) is 9.61. The Morgan fingerprint density at radius 2 is 1.69 bits per heavy atom. The highest BCUT2D eigenvalue weighted by Crippen LogP contribution is 1.72. The molecule has 0 spiro atoms. The van der Waals surface area contributed by atoms with Gasteiger partial charge in [-0.05, 0) is 0 Å². The molecular formula is C10H24N2O. The van der Waals surface area contributed by atoms with Gasteiger partial charge in [-0.2, -0.15) is 0 Å². The lowest BCUT2D eigenvalue weighted by Gasteiger charge is -2.07. The van der Waals surface area contributed by atoms with Crippen LogP contribution in [0.15, 0.2) is 0 Å². The van der Waals surface area contributed by atoms with E-state index >= 15 is 0 Å². The van der Waals surface area contributed by atoms with Crippen LogP contribution in [0.5, 0.6) is 0 Å². The number of hydrogen-bond donors (Lipinski definition) is 2. The molecule has 3 heteroatoms. The second kappa shape index (κ2) is 11.4. The van der Waals surface area contributed by atoms with Crippen LogP contribution in [-0.4, -0.2) is 25.0 Å². The molecule has 0 saturated heterocycles. The second-order valence-electron chi connectivity index (χ2n) is 3.30. The van der Waals surface area contributed by atoms with Crippen LogP contribution in [-0.2, 0) is 4.79 Å². The summed E-state index contributed by atoms with van der Waals surface area (Å²) in [6, 6.07) is 0.494. The van der Waals surface area contributed by atoms with Gasteiger partial charge >= 0.3 is 0 Å². The SMILES string of the molecule is CC(=O)NCCNC(C)C.CCC. The molecule has 0 aliphatic rings. The summed E-state index contributed by atoms with van der Waals surface area (Å²) in [5.41, 5.74) is 0. The molecule has 0 unspecified atom stereocenters. The largest absolute Gasteiger partial charge is 0.355 e. The van der Waals surface area contributed by atoms with Gasteiger partial charge in [-0.3, -0.25) is 4.79 Å². The summed E-state index contributed by atoms with van der Waals surface area (Å²) in [6.45, 7) is 11.5. The molecule has 0 radical (unpaired) electrons. The summed E-state index contributed by atoms with van der Waals surface area (Å²) < 4.78 is 0. The van der Waals surface area contributed by atoms with Crippen LogP contribution in [0, 0.1) is 0 Å². The molecule has 0 rings (SSSR count). The van der Waals surface area contributed by atoms with Crippen LogP contribution in [0.4, 0.5) is 0 Å². The van der Waals surface area contributed by atoms with Crippen LogP contribution in [0.25, 0.3) is 0 Å². The lowest BCUT2D eigenvalue weighted by Crippen LogP contribution is -2.33. The van der Waals surface area contributed by atoms with Gasteiger partial charge in [0.25, 0.3) is 0 Å². The van der Waals surface area contributed by atoms with Gasteiger partial charge in [-0.1, -0.05) is 34.1 Å². The third kappa shape index (κ3) is 24.6. The molecule has 0 bridgehead atoms. The first kappa shape index (κ1) is 14.9. The number of amides is 1. The maximum atomic E-state index is 10.3. The van der Waals surface area contributed by atoms with Gasteiger partial charge in [0.05, 0.1) is 0 Å². The molecule has 0 saturated carbocycles. The molecule has 0 aromatic rings. The molecule has 0 atom stereocenters. The molecule has 1 amide bonds. The normalized spacial score (nSPS) is 9.08. The minimum absolute atomic E-state index is 0.0329. The van der Waals surface area contributed by atoms with E-state index in [-0.39, 0.29) is 5.91 Å². The first-order valence-electron chi connectivity index (χ1n) is 5.02. The molecule has 0 heterocycles. The van der Waals surface area contributed by atoms with Crippen LogP contribution in [0.2, 0.25) is 0 Å². The predicted octanol–water partition coefficient (Wildman–Crippen LogP) is 1.54. The third-order valence-corrected chi connectivity index (χ3v) is 1.05. The zero-order valence-corrected chi connectivity index (χ0v) is 9.61. The smallest absolute Gasteiger partial charge is 0.216 e. The quantitative estimate of drug-likeness (QED) is 0.657. The predicted molar refractivity (Wildman–Crippen MR) is 57.8 cm³/mol. The van der Waals surface area contributed by atoms with Crippen molar-refractivity contribution in [1.82, 2.24) is 10.6 Å². The maximum absolute atomic E-state index is 10.3. The Morgan fingerprint density at radius 1 is 1.23 bits per heavy atom. The van der Waals surface area contributed by atoms with Gasteiger partial charge in [0.1, 0.15) is 0 Å². The fourth-order valence-electron chi connectivity index (χ4n) is 0.599. The summed E-state index contributed by atoms with van der Waals surface area (Å²) in [4.78, 5) is 10.3. The van der Waals surface area contributed by atoms with Gasteiger partial charge < -0.3 is 10.6 Å². The van der Waals surface area contributed by atoms with Crippen molar-refractivity contribution in [3.05, 3.63) is 0 Å². The van der Waals surface area contributed by atoms with Crippen molar-refractivity contribution in [2.75, 3.05) is 13.1 Å². The molecule has 0 fully saturated rings. The van der Waals surface area contributed by atoms with Crippen LogP contribution < -0.4 is 10.6 Å². The minimum Gasteiger partial charge on any atom is -0.355 e. The van der Waals surface area contributed by atoms with Crippen molar-refractivity contribution in [1.29, 1.82) is 0 Å². The molecule has 80 valence electrons. The number of rotatable bonds is 4. The van der Waals surface area contributed by atoms with Crippen LogP contribution in [0.1, 0.15) is 41.0 Å². The summed E-state index contributed by atoms with van der Waals surface area (Å²) in [6.07, 6.45) is 1.25. The Bertz CT molecular complexity index is 113. The van der Waals surface area contributed by atoms with E-state index in [9.17, 15) is 4.79 Å². The number of carbonyl (C=O) groups excluding carboxylic acids is 1. The Balaban J connectivity index is 0. The molecule has 2 N–H and O–H groups in total. The Morgan fingerprint density at radius 3 is 2.00 bits per heavy atom. The first-order chi connectivity index (χ1) is 6.04. The summed E-state index contributed by atoms with van der Waals surface area (Å²) in [5.74, 6) is 0.0329. The molecular weight excluding hydrogens is 164 g/mol. The van der Waals surface area contributed by atoms with Crippen molar-refractivity contribution < 1.29 is 4.79 Å². The van der Waals surface area contributed by atoms with E-state index in [1.165, 1.54) is 13.3 Å². The van der Waals surface area contributed by atoms with E-state index < -0.39 is 0 Å². The first-order valence-corrected chi connectivity index (χ1v) is 5.02. The molecule has 3 nitrogen and oxygen atoms in total. The number of carbonyl (C=O) groups is 1. The topological polar surface area (TPSA) is 41.1 Å². The fourth-order valence-corrected chi connectivity index (χ4v) is 0.599. The molecule has 0 aromatic heterocycles. The summed E-state index contributed by atoms with van der Waals surface area (Å²) in [5, 5.41) is 5.89.